The molecule has 4 saturated heterocycles. The highest BCUT2D eigenvalue weighted by molar-refractivity contribution is 14.1. The molecule has 0 radical (unpaired) electrons. The number of nitrogens with one attached hydrogen (secondary N) is 13. The Hall–Kier alpha value is -6.52. The summed E-state index contributed by atoms with van der Waals surface area (Å²) in [6.07, 6.45) is 3.75. The summed E-state index contributed by atoms with van der Waals surface area (Å²) in [5.74, 6) is -3.74. The normalized spacial score (nSPS) is 19.7. The van der Waals surface area contributed by atoms with Crippen molar-refractivity contribution in [2.45, 2.75) is 111 Å². The number of unbranched alkanes of at least 4 members (excludes halogenated alkanes) is 2. The van der Waals surface area contributed by atoms with Gasteiger partial charge in [-0.1, -0.05) is 12.8 Å². The van der Waals surface area contributed by atoms with Crippen LogP contribution in [0.3, 0.4) is 0 Å². The number of halogens is 1. The van der Waals surface area contributed by atoms with Gasteiger partial charge >= 0.3 is 11.9 Å². The molecule has 0 aliphatic carbocycles. The number of carbonyl (C=O) groups excluding carboxylic acids is 7. The van der Waals surface area contributed by atoms with E-state index in [-0.39, 0.29) is 133 Å². The van der Waals surface area contributed by atoms with E-state index >= 15 is 0 Å². The summed E-state index contributed by atoms with van der Waals surface area (Å²) in [6, 6.07) is 9.15. The van der Waals surface area contributed by atoms with Crippen LogP contribution in [-0.4, -0.2) is 213 Å². The number of fused-ring (bicyclic) bond motifs is 2. The van der Waals surface area contributed by atoms with Gasteiger partial charge in [0.05, 0.1) is 89.9 Å². The molecule has 15 N–H and O–H groups in total. The lowest BCUT2D eigenvalue weighted by atomic mass is 10.0. The maximum absolute atomic E-state index is 13.3. The third-order valence-corrected chi connectivity index (χ3v) is 17.8. The van der Waals surface area contributed by atoms with Gasteiger partial charge in [-0.15, -0.1) is 0 Å². The highest BCUT2D eigenvalue weighted by Gasteiger charge is 2.42. The molecule has 4 aliphatic rings. The first-order valence-corrected chi connectivity index (χ1v) is 31.7. The first kappa shape index (κ1) is 68.6. The third kappa shape index (κ3) is 24.0. The van der Waals surface area contributed by atoms with Crippen LogP contribution >= 0.6 is 46.1 Å². The van der Waals surface area contributed by atoms with E-state index in [1.54, 1.807) is 24.3 Å². The number of hydrogen-bond acceptors (Lipinski definition) is 17. The van der Waals surface area contributed by atoms with E-state index in [9.17, 15) is 53.4 Å². The van der Waals surface area contributed by atoms with Crippen molar-refractivity contribution >= 4 is 117 Å². The molecule has 6 rings (SSSR count). The highest BCUT2D eigenvalue weighted by Crippen LogP contribution is 2.34. The second kappa shape index (κ2) is 36.6. The Morgan fingerprint density at radius 1 is 0.523 bits per heavy atom. The first-order chi connectivity index (χ1) is 41.4. The van der Waals surface area contributed by atoms with Gasteiger partial charge in [-0.2, -0.15) is 23.5 Å². The number of hydrogen-bond donors (Lipinski definition) is 15. The van der Waals surface area contributed by atoms with E-state index in [2.05, 4.69) is 81.1 Å². The topological polar surface area (TPSA) is 411 Å². The van der Waals surface area contributed by atoms with E-state index in [0.29, 0.717) is 40.8 Å². The molecule has 86 heavy (non-hydrogen) atoms. The molecule has 28 nitrogen and oxygen atoms in total. The minimum Gasteiger partial charge on any atom is -0.480 e. The number of amides is 7. The number of rotatable bonds is 40. The number of anilines is 1. The zero-order chi connectivity index (χ0) is 61.8. The number of ether oxygens (including phenoxy) is 4. The average molecular weight is 1350 g/mol. The zero-order valence-corrected chi connectivity index (χ0v) is 51.3. The van der Waals surface area contributed by atoms with Crippen molar-refractivity contribution in [2.75, 3.05) is 95.9 Å². The fourth-order valence-corrected chi connectivity index (χ4v) is 13.1. The predicted octanol–water partition coefficient (Wildman–Crippen LogP) is 0.302. The van der Waals surface area contributed by atoms with Gasteiger partial charge in [0, 0.05) is 87.0 Å². The van der Waals surface area contributed by atoms with Gasteiger partial charge in [-0.25, -0.2) is 9.59 Å². The summed E-state index contributed by atoms with van der Waals surface area (Å²) in [7, 11) is 0. The number of aliphatic carboxylic acids is 2. The van der Waals surface area contributed by atoms with E-state index in [4.69, 9.17) is 29.8 Å². The fourth-order valence-electron chi connectivity index (χ4n) is 9.67. The molecule has 7 amide bonds. The zero-order valence-electron chi connectivity index (χ0n) is 47.5. The lowest BCUT2D eigenvalue weighted by Crippen LogP contribution is -2.44. The quantitative estimate of drug-likeness (QED) is 0.0315. The van der Waals surface area contributed by atoms with Gasteiger partial charge in [-0.3, -0.25) is 44.4 Å². The smallest absolute Gasteiger partial charge is 0.326 e. The molecule has 2 aromatic carbocycles. The number of thioether (sulfide) groups is 2. The van der Waals surface area contributed by atoms with Crippen LogP contribution in [0.5, 0.6) is 0 Å². The molecule has 2 aromatic rings. The molecule has 4 heterocycles. The van der Waals surface area contributed by atoms with Crippen LogP contribution in [0.15, 0.2) is 42.5 Å². The second-order valence-electron chi connectivity index (χ2n) is 20.6. The van der Waals surface area contributed by atoms with Crippen LogP contribution in [0.2, 0.25) is 0 Å². The maximum atomic E-state index is 13.3. The van der Waals surface area contributed by atoms with Crippen molar-refractivity contribution in [1.29, 1.82) is 10.8 Å². The van der Waals surface area contributed by atoms with Crippen LogP contribution in [0.4, 0.5) is 5.69 Å². The Morgan fingerprint density at radius 2 is 0.930 bits per heavy atom. The maximum Gasteiger partial charge on any atom is 0.326 e. The largest absolute Gasteiger partial charge is 0.480 e. The Morgan fingerprint density at radius 3 is 1.34 bits per heavy atom. The van der Waals surface area contributed by atoms with Crippen molar-refractivity contribution < 1.29 is 72.3 Å². The summed E-state index contributed by atoms with van der Waals surface area (Å²) in [6.45, 7) is 1.32. The molecule has 0 bridgehead atoms. The monoisotopic (exact) mass is 1350 g/mol. The fraction of sp³-hybridized carbons (Fsp3) is 0.582. The summed E-state index contributed by atoms with van der Waals surface area (Å²) in [5, 5.41) is 66.2. The molecular formula is C55H78IN13O15S2. The number of guanidine groups is 2. The minimum absolute atomic E-state index is 0.0812. The molecular weight excluding hydrogens is 1270 g/mol. The third-order valence-electron chi connectivity index (χ3n) is 14.0. The second-order valence-corrected chi connectivity index (χ2v) is 24.4. The number of carboxylic acid groups (broad SMARTS) is 2. The summed E-state index contributed by atoms with van der Waals surface area (Å²) in [4.78, 5) is 113. The average Bonchev–Trinajstić information content (AvgIpc) is 2.78. The van der Waals surface area contributed by atoms with Gasteiger partial charge < -0.3 is 87.6 Å². The molecule has 472 valence electrons. The molecule has 4 fully saturated rings. The van der Waals surface area contributed by atoms with Crippen LogP contribution in [0.1, 0.15) is 95.3 Å². The summed E-state index contributed by atoms with van der Waals surface area (Å²) in [5.41, 5.74) is 0.720. The van der Waals surface area contributed by atoms with Crippen LogP contribution in [0, 0.1) is 14.4 Å². The summed E-state index contributed by atoms with van der Waals surface area (Å²) >= 11 is 5.78. The van der Waals surface area contributed by atoms with E-state index in [0.717, 1.165) is 40.8 Å². The van der Waals surface area contributed by atoms with Gasteiger partial charge in [-0.05, 0) is 90.7 Å². The minimum atomic E-state index is -1.38. The lowest BCUT2D eigenvalue weighted by molar-refractivity contribution is -0.143. The van der Waals surface area contributed by atoms with E-state index in [1.807, 2.05) is 23.5 Å². The van der Waals surface area contributed by atoms with Crippen LogP contribution in [-0.2, 0) is 47.7 Å². The van der Waals surface area contributed by atoms with Crippen LogP contribution < -0.4 is 58.5 Å². The molecule has 8 atom stereocenters. The number of benzene rings is 2. The molecule has 2 unspecified atom stereocenters. The highest BCUT2D eigenvalue weighted by atomic mass is 127. The van der Waals surface area contributed by atoms with Crippen molar-refractivity contribution in [3.05, 3.63) is 62.7 Å². The molecule has 0 spiro atoms. The summed E-state index contributed by atoms with van der Waals surface area (Å²) < 4.78 is 23.0. The standard InChI is InChI=1S/C55H78IN13O15S2/c56-35-11-9-32(10-12-35)51(76)63-36-26-33(49(74)61-15-19-83-23-21-81-17-13-59-45(72)28-37(52(77)78)64-43(70)7-3-1-5-41-47-39(30-85-41)66-54(57)68-47)25-34(27-36)50(75)62-16-20-84-24-22-82-18-14-60-46(73)29-38(53(79)80)65-44(71)8-4-2-6-42-48-40(31-86-42)67-55(58)69-48/h9-12,25-27,37-42,47-48H,1-8,13-24,28-31H2,(H,59,72)(H,60,73)(H,61,74)(H,62,75)(H,63,76)(H,64,70)(H,65,71)(H,77,78)(H,79,80)(H3,57,66,68)(H3,58,67,69)/t37-,38-,39-,40-,41?,42?,47-,48-/m0/s1. The van der Waals surface area contributed by atoms with Gasteiger partial charge in [0.15, 0.2) is 11.9 Å². The van der Waals surface area contributed by atoms with Gasteiger partial charge in [0.25, 0.3) is 17.7 Å². The molecule has 4 aliphatic heterocycles. The van der Waals surface area contributed by atoms with Crippen molar-refractivity contribution in [1.82, 2.24) is 53.2 Å². The first-order valence-electron chi connectivity index (χ1n) is 28.6. The Labute approximate surface area is 520 Å². The van der Waals surface area contributed by atoms with Crippen molar-refractivity contribution in [2.24, 2.45) is 0 Å². The van der Waals surface area contributed by atoms with E-state index in [1.165, 1.54) is 18.2 Å². The number of carboxylic acids is 2. The van der Waals surface area contributed by atoms with Crippen molar-refractivity contribution in [3.63, 3.8) is 0 Å². The lowest BCUT2D eigenvalue weighted by Gasteiger charge is -2.17. The molecule has 0 aromatic heterocycles. The van der Waals surface area contributed by atoms with E-state index < -0.39 is 78.2 Å². The number of carbonyl (C=O) groups is 9. The van der Waals surface area contributed by atoms with Crippen LogP contribution in [0.25, 0.3) is 0 Å². The Bertz CT molecular complexity index is 2540. The van der Waals surface area contributed by atoms with Gasteiger partial charge in [0.1, 0.15) is 12.1 Å². The molecule has 0 saturated carbocycles. The SMILES string of the molecule is N=C1N[C@H]2CSC(CCCCC(=O)N[C@@H](CC(=O)NCCOCCOCCNC(=O)c3cc(NC(=O)c4ccc(I)cc4)cc(C(=O)NCCOCCOCCNC(=O)C[C@H](NC(=O)CCCCC4SC[C@@H]5NC(=N)N[C@H]45)C(=O)O)c3)C(=O)O)[C@H]2N1. The van der Waals surface area contributed by atoms with Crippen molar-refractivity contribution in [3.8, 4) is 0 Å². The molecule has 31 heteroatoms. The Balaban J connectivity index is 0.801. The van der Waals surface area contributed by atoms with Gasteiger partial charge in [0.2, 0.25) is 23.6 Å². The Kier molecular flexibility index (Phi) is 29.2. The predicted molar refractivity (Wildman–Crippen MR) is 328 cm³/mol.